The van der Waals surface area contributed by atoms with E-state index in [1.807, 2.05) is 6.07 Å². The van der Waals surface area contributed by atoms with Crippen LogP contribution in [-0.4, -0.2) is 31.6 Å². The molecule has 2 aromatic carbocycles. The first-order chi connectivity index (χ1) is 12.1. The number of carbonyl (C=O) groups excluding carboxylic acids is 2. The van der Waals surface area contributed by atoms with E-state index in [4.69, 9.17) is 4.74 Å². The predicted molar refractivity (Wildman–Crippen MR) is 92.3 cm³/mol. The zero-order valence-electron chi connectivity index (χ0n) is 13.7. The lowest BCUT2D eigenvalue weighted by Gasteiger charge is -2.18. The molecule has 1 aliphatic heterocycles. The van der Waals surface area contributed by atoms with E-state index >= 15 is 0 Å². The third-order valence-corrected chi connectivity index (χ3v) is 3.95. The molecule has 3 rings (SSSR count). The number of carbonyl (C=O) groups is 2. The molecule has 0 aliphatic carbocycles. The van der Waals surface area contributed by atoms with Crippen molar-refractivity contribution in [3.05, 3.63) is 54.3 Å². The van der Waals surface area contributed by atoms with Crippen molar-refractivity contribution < 1.29 is 18.7 Å². The lowest BCUT2D eigenvalue weighted by atomic mass is 10.2. The lowest BCUT2D eigenvalue weighted by Crippen LogP contribution is -2.39. The number of rotatable bonds is 4. The van der Waals surface area contributed by atoms with Crippen LogP contribution in [0.1, 0.15) is 6.42 Å². The summed E-state index contributed by atoms with van der Waals surface area (Å²) in [5.41, 5.74) is 0.803. The molecular weight excluding hydrogens is 325 g/mol. The van der Waals surface area contributed by atoms with E-state index in [0.717, 1.165) is 0 Å². The van der Waals surface area contributed by atoms with Gasteiger partial charge in [0.2, 0.25) is 5.91 Å². The number of anilines is 2. The van der Waals surface area contributed by atoms with E-state index in [1.165, 1.54) is 12.1 Å². The first-order valence-electron chi connectivity index (χ1n) is 7.83. The highest BCUT2D eigenvalue weighted by Gasteiger charge is 2.31. The number of hydrogen-bond acceptors (Lipinski definition) is 3. The summed E-state index contributed by atoms with van der Waals surface area (Å²) in [5, 5.41) is 5.15. The van der Waals surface area contributed by atoms with Gasteiger partial charge in [0.1, 0.15) is 11.6 Å². The van der Waals surface area contributed by atoms with Crippen LogP contribution in [0.5, 0.6) is 5.75 Å². The predicted octanol–water partition coefficient (Wildman–Crippen LogP) is 2.76. The number of benzene rings is 2. The van der Waals surface area contributed by atoms with Crippen molar-refractivity contribution in [2.24, 2.45) is 0 Å². The first kappa shape index (κ1) is 16.8. The summed E-state index contributed by atoms with van der Waals surface area (Å²) in [6.45, 7) is 0.344. The van der Waals surface area contributed by atoms with E-state index < -0.39 is 11.8 Å². The van der Waals surface area contributed by atoms with Crippen LogP contribution in [0, 0.1) is 5.82 Å². The third-order valence-electron chi connectivity index (χ3n) is 3.95. The van der Waals surface area contributed by atoms with Crippen molar-refractivity contribution in [3.63, 3.8) is 0 Å². The second-order valence-electron chi connectivity index (χ2n) is 5.69. The average molecular weight is 343 g/mol. The molecule has 1 atom stereocenters. The van der Waals surface area contributed by atoms with Gasteiger partial charge in [-0.25, -0.2) is 9.18 Å². The van der Waals surface area contributed by atoms with Gasteiger partial charge >= 0.3 is 6.03 Å². The monoisotopic (exact) mass is 343 g/mol. The Labute approximate surface area is 144 Å². The van der Waals surface area contributed by atoms with Crippen LogP contribution in [0.3, 0.4) is 0 Å². The number of methoxy groups -OCH3 is 1. The van der Waals surface area contributed by atoms with Gasteiger partial charge in [0.05, 0.1) is 18.8 Å². The molecule has 2 N–H and O–H groups in total. The maximum absolute atomic E-state index is 13.6. The average Bonchev–Trinajstić information content (AvgIpc) is 2.97. The smallest absolute Gasteiger partial charge is 0.319 e. The molecule has 6 nitrogen and oxygen atoms in total. The van der Waals surface area contributed by atoms with Gasteiger partial charge < -0.3 is 20.3 Å². The van der Waals surface area contributed by atoms with Gasteiger partial charge in [-0.15, -0.1) is 0 Å². The molecule has 1 saturated heterocycles. The second kappa shape index (κ2) is 7.21. The van der Waals surface area contributed by atoms with E-state index in [2.05, 4.69) is 10.6 Å². The molecule has 1 aliphatic rings. The molecule has 1 fully saturated rings. The van der Waals surface area contributed by atoms with Gasteiger partial charge in [0, 0.05) is 24.7 Å². The second-order valence-corrected chi connectivity index (χ2v) is 5.69. The highest BCUT2D eigenvalue weighted by Crippen LogP contribution is 2.25. The maximum Gasteiger partial charge on any atom is 0.319 e. The Morgan fingerprint density at radius 1 is 1.24 bits per heavy atom. The summed E-state index contributed by atoms with van der Waals surface area (Å²) in [6.07, 6.45) is 0.182. The Kier molecular flexibility index (Phi) is 4.83. The van der Waals surface area contributed by atoms with Crippen LogP contribution < -0.4 is 20.3 Å². The SMILES string of the molecule is COc1cccc(N2CC(NC(=O)Nc3ccccc3F)CC2=O)c1. The van der Waals surface area contributed by atoms with Gasteiger partial charge in [-0.05, 0) is 24.3 Å². The molecular formula is C18H18FN3O3. The first-order valence-corrected chi connectivity index (χ1v) is 7.83. The normalized spacial score (nSPS) is 16.6. The Morgan fingerprint density at radius 3 is 2.80 bits per heavy atom. The zero-order valence-corrected chi connectivity index (χ0v) is 13.7. The van der Waals surface area contributed by atoms with E-state index in [1.54, 1.807) is 42.3 Å². The van der Waals surface area contributed by atoms with Crippen LogP contribution in [0.4, 0.5) is 20.6 Å². The van der Waals surface area contributed by atoms with Crippen LogP contribution in [0.15, 0.2) is 48.5 Å². The van der Waals surface area contributed by atoms with Crippen molar-refractivity contribution in [1.29, 1.82) is 0 Å². The standard InChI is InChI=1S/C18H18FN3O3/c1-25-14-6-4-5-13(10-14)22-11-12(9-17(22)23)20-18(24)21-16-8-3-2-7-15(16)19/h2-8,10,12H,9,11H2,1H3,(H2,20,21,24). The number of ether oxygens (including phenoxy) is 1. The minimum absolute atomic E-state index is 0.0916. The lowest BCUT2D eigenvalue weighted by molar-refractivity contribution is -0.117. The molecule has 1 unspecified atom stereocenters. The zero-order chi connectivity index (χ0) is 17.8. The third kappa shape index (κ3) is 3.88. The van der Waals surface area contributed by atoms with E-state index in [9.17, 15) is 14.0 Å². The van der Waals surface area contributed by atoms with Gasteiger partial charge in [-0.3, -0.25) is 4.79 Å². The minimum atomic E-state index is -0.546. The molecule has 3 amide bonds. The highest BCUT2D eigenvalue weighted by molar-refractivity contribution is 5.97. The number of halogens is 1. The van der Waals surface area contributed by atoms with E-state index in [0.29, 0.717) is 18.0 Å². The van der Waals surface area contributed by atoms with Crippen molar-refractivity contribution in [3.8, 4) is 5.75 Å². The van der Waals surface area contributed by atoms with Crippen molar-refractivity contribution >= 4 is 23.3 Å². The fourth-order valence-corrected chi connectivity index (χ4v) is 2.74. The highest BCUT2D eigenvalue weighted by atomic mass is 19.1. The van der Waals surface area contributed by atoms with Crippen LogP contribution >= 0.6 is 0 Å². The summed E-state index contributed by atoms with van der Waals surface area (Å²) < 4.78 is 18.7. The number of urea groups is 1. The summed E-state index contributed by atoms with van der Waals surface area (Å²) in [6, 6.07) is 12.2. The summed E-state index contributed by atoms with van der Waals surface area (Å²) in [4.78, 5) is 25.9. The maximum atomic E-state index is 13.6. The Morgan fingerprint density at radius 2 is 2.04 bits per heavy atom. The van der Waals surface area contributed by atoms with Gasteiger partial charge in [-0.2, -0.15) is 0 Å². The van der Waals surface area contributed by atoms with Crippen LogP contribution in [-0.2, 0) is 4.79 Å². The Bertz CT molecular complexity index is 797. The fourth-order valence-electron chi connectivity index (χ4n) is 2.74. The molecule has 130 valence electrons. The Balaban J connectivity index is 1.62. The molecule has 1 heterocycles. The van der Waals surface area contributed by atoms with Gasteiger partial charge in [-0.1, -0.05) is 18.2 Å². The summed E-state index contributed by atoms with van der Waals surface area (Å²) in [7, 11) is 1.56. The molecule has 0 bridgehead atoms. The number of amides is 3. The molecule has 0 radical (unpaired) electrons. The fraction of sp³-hybridized carbons (Fsp3) is 0.222. The van der Waals surface area contributed by atoms with Crippen molar-refractivity contribution in [2.75, 3.05) is 23.9 Å². The van der Waals surface area contributed by atoms with Crippen molar-refractivity contribution in [2.45, 2.75) is 12.5 Å². The Hall–Kier alpha value is -3.09. The number of hydrogen-bond donors (Lipinski definition) is 2. The molecule has 7 heteroatoms. The number of nitrogens with zero attached hydrogens (tertiary/aromatic N) is 1. The van der Waals surface area contributed by atoms with Crippen molar-refractivity contribution in [1.82, 2.24) is 5.32 Å². The number of nitrogens with one attached hydrogen (secondary N) is 2. The van der Waals surface area contributed by atoms with Gasteiger partial charge in [0.15, 0.2) is 0 Å². The van der Waals surface area contributed by atoms with E-state index in [-0.39, 0.29) is 24.1 Å². The topological polar surface area (TPSA) is 70.7 Å². The quantitative estimate of drug-likeness (QED) is 0.897. The largest absolute Gasteiger partial charge is 0.497 e. The molecule has 2 aromatic rings. The molecule has 0 aromatic heterocycles. The minimum Gasteiger partial charge on any atom is -0.497 e. The van der Waals surface area contributed by atoms with Gasteiger partial charge in [0.25, 0.3) is 0 Å². The number of para-hydroxylation sites is 1. The summed E-state index contributed by atoms with van der Waals surface area (Å²) >= 11 is 0. The molecule has 25 heavy (non-hydrogen) atoms. The molecule has 0 spiro atoms. The van der Waals surface area contributed by atoms with Crippen LogP contribution in [0.2, 0.25) is 0 Å². The van der Waals surface area contributed by atoms with Crippen LogP contribution in [0.25, 0.3) is 0 Å². The summed E-state index contributed by atoms with van der Waals surface area (Å²) in [5.74, 6) is 0.0432. The molecule has 0 saturated carbocycles.